The summed E-state index contributed by atoms with van der Waals surface area (Å²) in [5, 5.41) is 4.26. The summed E-state index contributed by atoms with van der Waals surface area (Å²) < 4.78 is 31.2. The van der Waals surface area contributed by atoms with Gasteiger partial charge in [-0.3, -0.25) is 0 Å². The number of ether oxygens (including phenoxy) is 3. The maximum absolute atomic E-state index is 15.0. The number of halogens is 3. The smallest absolute Gasteiger partial charge is 0.410 e. The SMILES string of the molecule is CO/C=C/c1c(OC)nc2c(F)c(Br)c(Cl)cc2c1NC1CCN(C(=O)OC(C)(C)C)CC1. The highest BCUT2D eigenvalue weighted by molar-refractivity contribution is 9.10. The highest BCUT2D eigenvalue weighted by Gasteiger charge is 2.28. The topological polar surface area (TPSA) is 72.9 Å². The minimum absolute atomic E-state index is 0.0270. The van der Waals surface area contributed by atoms with Crippen molar-refractivity contribution in [3.8, 4) is 5.88 Å². The van der Waals surface area contributed by atoms with Crippen molar-refractivity contribution in [1.82, 2.24) is 9.88 Å². The fourth-order valence-electron chi connectivity index (χ4n) is 3.64. The molecule has 0 bridgehead atoms. The zero-order chi connectivity index (χ0) is 24.3. The number of nitrogens with zero attached hydrogens (tertiary/aromatic N) is 2. The molecule has 0 aliphatic carbocycles. The van der Waals surface area contributed by atoms with Gasteiger partial charge < -0.3 is 24.4 Å². The van der Waals surface area contributed by atoms with Crippen LogP contribution in [0.5, 0.6) is 5.88 Å². The van der Waals surface area contributed by atoms with Gasteiger partial charge in [0.1, 0.15) is 11.1 Å². The lowest BCUT2D eigenvalue weighted by molar-refractivity contribution is 0.0210. The van der Waals surface area contributed by atoms with E-state index in [9.17, 15) is 4.79 Å². The van der Waals surface area contributed by atoms with Crippen molar-refractivity contribution in [3.63, 3.8) is 0 Å². The van der Waals surface area contributed by atoms with Crippen LogP contribution in [-0.4, -0.2) is 54.9 Å². The van der Waals surface area contributed by atoms with Gasteiger partial charge >= 0.3 is 6.09 Å². The Labute approximate surface area is 206 Å². The second kappa shape index (κ2) is 10.3. The van der Waals surface area contributed by atoms with Crippen molar-refractivity contribution in [1.29, 1.82) is 0 Å². The lowest BCUT2D eigenvalue weighted by atomic mass is 10.0. The lowest BCUT2D eigenvalue weighted by Crippen LogP contribution is -2.44. The fourth-order valence-corrected chi connectivity index (χ4v) is 4.13. The number of amides is 1. The Morgan fingerprint density at radius 1 is 1.33 bits per heavy atom. The van der Waals surface area contributed by atoms with Gasteiger partial charge in [-0.1, -0.05) is 11.6 Å². The normalized spacial score (nSPS) is 15.2. The molecule has 1 amide bonds. The van der Waals surface area contributed by atoms with Gasteiger partial charge in [-0.05, 0) is 61.7 Å². The predicted octanol–water partition coefficient (Wildman–Crippen LogP) is 6.23. The molecule has 7 nitrogen and oxygen atoms in total. The summed E-state index contributed by atoms with van der Waals surface area (Å²) in [6, 6.07) is 1.69. The Balaban J connectivity index is 1.95. The summed E-state index contributed by atoms with van der Waals surface area (Å²) in [7, 11) is 3.01. The molecule has 0 radical (unpaired) electrons. The van der Waals surface area contributed by atoms with Crippen LogP contribution in [0.25, 0.3) is 17.0 Å². The standard InChI is InChI=1S/C23H28BrClFN3O4/c1-23(2,3)33-22(30)29-9-6-13(7-10-29)27-19-14(8-11-31-4)21(32-5)28-20-15(19)12-16(25)17(24)18(20)26/h8,11-13H,6-7,9-10H2,1-5H3,(H,27,28)/b11-8+. The van der Waals surface area contributed by atoms with Crippen molar-refractivity contribution in [2.24, 2.45) is 0 Å². The Bertz CT molecular complexity index is 1070. The van der Waals surface area contributed by atoms with E-state index in [1.165, 1.54) is 20.5 Å². The van der Waals surface area contributed by atoms with Crippen LogP contribution in [-0.2, 0) is 9.47 Å². The number of benzene rings is 1. The average Bonchev–Trinajstić information content (AvgIpc) is 2.76. The maximum atomic E-state index is 15.0. The second-order valence-corrected chi connectivity index (χ2v) is 9.92. The van der Waals surface area contributed by atoms with E-state index in [4.69, 9.17) is 25.8 Å². The largest absolute Gasteiger partial charge is 0.504 e. The number of likely N-dealkylation sites (tertiary alicyclic amines) is 1. The maximum Gasteiger partial charge on any atom is 0.410 e. The van der Waals surface area contributed by atoms with Crippen LogP contribution >= 0.6 is 27.5 Å². The third-order valence-corrected chi connectivity index (χ3v) is 6.48. The van der Waals surface area contributed by atoms with Crippen LogP contribution in [0.1, 0.15) is 39.2 Å². The molecule has 2 aromatic rings. The van der Waals surface area contributed by atoms with E-state index in [1.54, 1.807) is 17.0 Å². The number of anilines is 1. The van der Waals surface area contributed by atoms with Crippen molar-refractivity contribution < 1.29 is 23.4 Å². The van der Waals surface area contributed by atoms with Crippen LogP contribution in [0.15, 0.2) is 16.8 Å². The molecule has 1 aromatic heterocycles. The highest BCUT2D eigenvalue weighted by atomic mass is 79.9. The molecular formula is C23H28BrClFN3O4. The van der Waals surface area contributed by atoms with Crippen LogP contribution in [0.4, 0.5) is 14.9 Å². The third-order valence-electron chi connectivity index (χ3n) is 5.18. The molecule has 1 aliphatic heterocycles. The minimum Gasteiger partial charge on any atom is -0.504 e. The molecule has 1 saturated heterocycles. The number of aromatic nitrogens is 1. The number of piperidine rings is 1. The van der Waals surface area contributed by atoms with Crippen molar-refractivity contribution >= 4 is 56.3 Å². The molecule has 0 saturated carbocycles. The highest BCUT2D eigenvalue weighted by Crippen LogP contribution is 2.40. The Morgan fingerprint density at radius 3 is 2.58 bits per heavy atom. The molecule has 1 aromatic carbocycles. The first-order valence-corrected chi connectivity index (χ1v) is 11.7. The van der Waals surface area contributed by atoms with E-state index in [0.717, 1.165) is 0 Å². The fraction of sp³-hybridized carbons (Fsp3) is 0.478. The predicted molar refractivity (Wildman–Crippen MR) is 131 cm³/mol. The lowest BCUT2D eigenvalue weighted by Gasteiger charge is -2.34. The molecule has 0 spiro atoms. The van der Waals surface area contributed by atoms with Gasteiger partial charge in [0.05, 0.1) is 41.2 Å². The van der Waals surface area contributed by atoms with Crippen LogP contribution in [0.3, 0.4) is 0 Å². The Morgan fingerprint density at radius 2 is 2.00 bits per heavy atom. The van der Waals surface area contributed by atoms with Crippen molar-refractivity contribution in [2.75, 3.05) is 32.6 Å². The zero-order valence-electron chi connectivity index (χ0n) is 19.3. The van der Waals surface area contributed by atoms with Crippen LogP contribution < -0.4 is 10.1 Å². The van der Waals surface area contributed by atoms with Gasteiger partial charge in [0.25, 0.3) is 0 Å². The van der Waals surface area contributed by atoms with Crippen molar-refractivity contribution in [2.45, 2.75) is 45.3 Å². The summed E-state index contributed by atoms with van der Waals surface area (Å²) >= 11 is 9.45. The summed E-state index contributed by atoms with van der Waals surface area (Å²) in [5.41, 5.74) is 0.832. The molecule has 180 valence electrons. The molecule has 3 rings (SSSR count). The van der Waals surface area contributed by atoms with E-state index in [1.807, 2.05) is 20.8 Å². The number of carbonyl (C=O) groups is 1. The first-order valence-electron chi connectivity index (χ1n) is 10.5. The number of methoxy groups -OCH3 is 2. The minimum atomic E-state index is -0.569. The number of carbonyl (C=O) groups excluding carboxylic acids is 1. The number of pyridine rings is 1. The van der Waals surface area contributed by atoms with E-state index >= 15 is 4.39 Å². The molecule has 10 heteroatoms. The molecule has 2 heterocycles. The second-order valence-electron chi connectivity index (χ2n) is 8.72. The number of hydrogen-bond acceptors (Lipinski definition) is 6. The Hall–Kier alpha value is -2.26. The molecule has 0 unspecified atom stereocenters. The molecular weight excluding hydrogens is 517 g/mol. The zero-order valence-corrected chi connectivity index (χ0v) is 21.6. The van der Waals surface area contributed by atoms with E-state index in [2.05, 4.69) is 26.2 Å². The first-order chi connectivity index (χ1) is 15.6. The summed E-state index contributed by atoms with van der Waals surface area (Å²) in [6.07, 6.45) is 4.26. The molecule has 1 aliphatic rings. The Kier molecular flexibility index (Phi) is 7.95. The van der Waals surface area contributed by atoms with E-state index in [-0.39, 0.29) is 33.0 Å². The van der Waals surface area contributed by atoms with Gasteiger partial charge in [0.15, 0.2) is 5.82 Å². The quantitative estimate of drug-likeness (QED) is 0.355. The summed E-state index contributed by atoms with van der Waals surface area (Å²) in [5.74, 6) is -0.321. The van der Waals surface area contributed by atoms with Gasteiger partial charge in [0, 0.05) is 24.5 Å². The van der Waals surface area contributed by atoms with E-state index in [0.29, 0.717) is 42.6 Å². The summed E-state index contributed by atoms with van der Waals surface area (Å²) in [4.78, 5) is 18.5. The molecule has 1 N–H and O–H groups in total. The molecule has 1 fully saturated rings. The number of nitrogens with one attached hydrogen (secondary N) is 1. The summed E-state index contributed by atoms with van der Waals surface area (Å²) in [6.45, 7) is 6.61. The number of fused-ring (bicyclic) bond motifs is 1. The number of rotatable bonds is 5. The first kappa shape index (κ1) is 25.4. The van der Waals surface area contributed by atoms with Crippen LogP contribution in [0.2, 0.25) is 5.02 Å². The van der Waals surface area contributed by atoms with Gasteiger partial charge in [0.2, 0.25) is 5.88 Å². The number of hydrogen-bond donors (Lipinski definition) is 1. The third kappa shape index (κ3) is 5.81. The van der Waals surface area contributed by atoms with Gasteiger partial charge in [-0.15, -0.1) is 0 Å². The van der Waals surface area contributed by atoms with Crippen molar-refractivity contribution in [3.05, 3.63) is 33.2 Å². The monoisotopic (exact) mass is 543 g/mol. The molecule has 33 heavy (non-hydrogen) atoms. The van der Waals surface area contributed by atoms with E-state index < -0.39 is 11.4 Å². The van der Waals surface area contributed by atoms with Gasteiger partial charge in [-0.2, -0.15) is 0 Å². The van der Waals surface area contributed by atoms with Crippen LogP contribution in [0, 0.1) is 5.82 Å². The van der Waals surface area contributed by atoms with Gasteiger partial charge in [-0.25, -0.2) is 14.2 Å². The average molecular weight is 545 g/mol. The molecule has 0 atom stereocenters.